The Bertz CT molecular complexity index is 488. The van der Waals surface area contributed by atoms with Gasteiger partial charge in [-0.15, -0.1) is 11.3 Å². The Labute approximate surface area is 113 Å². The lowest BCUT2D eigenvalue weighted by Crippen LogP contribution is -2.30. The molecule has 6 heteroatoms. The van der Waals surface area contributed by atoms with Crippen molar-refractivity contribution in [3.05, 3.63) is 11.4 Å². The van der Waals surface area contributed by atoms with Gasteiger partial charge in [0.15, 0.2) is 0 Å². The molecule has 0 aliphatic heterocycles. The molecule has 1 aliphatic carbocycles. The van der Waals surface area contributed by atoms with E-state index < -0.39 is 10.0 Å². The first-order valence-electron chi connectivity index (χ1n) is 6.31. The number of nitrogens with one attached hydrogen (secondary N) is 1. The number of thiophene rings is 1. The SMILES string of the molecule is CC1CCC(CNS(=O)(=O)c2cc(N)cs2)CC1. The third-order valence-corrected chi connectivity index (χ3v) is 6.44. The van der Waals surface area contributed by atoms with Crippen LogP contribution < -0.4 is 10.5 Å². The van der Waals surface area contributed by atoms with E-state index in [4.69, 9.17) is 5.73 Å². The minimum absolute atomic E-state index is 0.309. The highest BCUT2D eigenvalue weighted by molar-refractivity contribution is 7.91. The second kappa shape index (κ2) is 5.59. The summed E-state index contributed by atoms with van der Waals surface area (Å²) in [5.74, 6) is 1.27. The summed E-state index contributed by atoms with van der Waals surface area (Å²) >= 11 is 1.17. The molecule has 2 rings (SSSR count). The molecule has 1 saturated carbocycles. The highest BCUT2D eigenvalue weighted by atomic mass is 32.2. The predicted octanol–water partition coefficient (Wildman–Crippen LogP) is 2.43. The minimum Gasteiger partial charge on any atom is -0.398 e. The van der Waals surface area contributed by atoms with E-state index in [2.05, 4.69) is 11.6 Å². The lowest BCUT2D eigenvalue weighted by molar-refractivity contribution is 0.290. The van der Waals surface area contributed by atoms with Gasteiger partial charge in [0.2, 0.25) is 10.0 Å². The minimum atomic E-state index is -3.36. The zero-order valence-corrected chi connectivity index (χ0v) is 12.2. The Morgan fingerprint density at radius 2 is 2.06 bits per heavy atom. The van der Waals surface area contributed by atoms with Crippen molar-refractivity contribution in [3.63, 3.8) is 0 Å². The molecule has 3 N–H and O–H groups in total. The number of nitrogens with two attached hydrogens (primary N) is 1. The van der Waals surface area contributed by atoms with Crippen molar-refractivity contribution >= 4 is 27.0 Å². The Hall–Kier alpha value is -0.590. The Balaban J connectivity index is 1.90. The van der Waals surface area contributed by atoms with Crippen LogP contribution in [0.2, 0.25) is 0 Å². The van der Waals surface area contributed by atoms with Gasteiger partial charge >= 0.3 is 0 Å². The summed E-state index contributed by atoms with van der Waals surface area (Å²) in [5, 5.41) is 1.65. The molecule has 4 nitrogen and oxygen atoms in total. The second-order valence-corrected chi connectivity index (χ2v) is 8.08. The van der Waals surface area contributed by atoms with Crippen molar-refractivity contribution in [2.24, 2.45) is 11.8 Å². The Kier molecular flexibility index (Phi) is 4.29. The first-order valence-corrected chi connectivity index (χ1v) is 8.67. The third-order valence-electron chi connectivity index (χ3n) is 3.56. The van der Waals surface area contributed by atoms with Crippen LogP contribution in [0, 0.1) is 11.8 Å². The molecule has 1 aromatic rings. The number of sulfonamides is 1. The maximum atomic E-state index is 12.0. The van der Waals surface area contributed by atoms with E-state index in [9.17, 15) is 8.42 Å². The zero-order chi connectivity index (χ0) is 13.2. The summed E-state index contributed by atoms with van der Waals surface area (Å²) in [4.78, 5) is 0. The highest BCUT2D eigenvalue weighted by Gasteiger charge is 2.22. The van der Waals surface area contributed by atoms with Crippen molar-refractivity contribution in [1.29, 1.82) is 0 Å². The van der Waals surface area contributed by atoms with Crippen molar-refractivity contribution in [2.45, 2.75) is 36.8 Å². The second-order valence-electron chi connectivity index (χ2n) is 5.18. The molecule has 18 heavy (non-hydrogen) atoms. The fraction of sp³-hybridized carbons (Fsp3) is 0.667. The number of rotatable bonds is 4. The smallest absolute Gasteiger partial charge is 0.250 e. The van der Waals surface area contributed by atoms with Crippen LogP contribution in [0.4, 0.5) is 5.69 Å². The van der Waals surface area contributed by atoms with E-state index in [0.717, 1.165) is 18.8 Å². The molecule has 0 spiro atoms. The highest BCUT2D eigenvalue weighted by Crippen LogP contribution is 2.28. The van der Waals surface area contributed by atoms with Gasteiger partial charge in [0.05, 0.1) is 0 Å². The number of hydrogen-bond donors (Lipinski definition) is 2. The van der Waals surface area contributed by atoms with Crippen molar-refractivity contribution < 1.29 is 8.42 Å². The predicted molar refractivity (Wildman–Crippen MR) is 75.0 cm³/mol. The van der Waals surface area contributed by atoms with Gasteiger partial charge in [-0.3, -0.25) is 0 Å². The number of hydrogen-bond acceptors (Lipinski definition) is 4. The van der Waals surface area contributed by atoms with E-state index in [-0.39, 0.29) is 0 Å². The zero-order valence-electron chi connectivity index (χ0n) is 10.6. The molecule has 0 radical (unpaired) electrons. The molecular formula is C12H20N2O2S2. The van der Waals surface area contributed by atoms with Crippen LogP contribution >= 0.6 is 11.3 Å². The van der Waals surface area contributed by atoms with Crippen LogP contribution in [0.15, 0.2) is 15.7 Å². The maximum absolute atomic E-state index is 12.0. The average molecular weight is 288 g/mol. The molecule has 102 valence electrons. The molecule has 0 aromatic carbocycles. The van der Waals surface area contributed by atoms with Gasteiger partial charge in [0.1, 0.15) is 4.21 Å². The Morgan fingerprint density at radius 1 is 1.39 bits per heavy atom. The van der Waals surface area contributed by atoms with E-state index >= 15 is 0 Å². The molecular weight excluding hydrogens is 268 g/mol. The fourth-order valence-electron chi connectivity index (χ4n) is 2.30. The lowest BCUT2D eigenvalue weighted by atomic mass is 9.83. The van der Waals surface area contributed by atoms with Gasteiger partial charge in [-0.25, -0.2) is 13.1 Å². The summed E-state index contributed by atoms with van der Waals surface area (Å²) in [5.41, 5.74) is 6.05. The quantitative estimate of drug-likeness (QED) is 0.894. The topological polar surface area (TPSA) is 72.2 Å². The normalized spacial score (nSPS) is 25.2. The van der Waals surface area contributed by atoms with Gasteiger partial charge in [-0.1, -0.05) is 19.8 Å². The van der Waals surface area contributed by atoms with E-state index in [1.807, 2.05) is 0 Å². The summed E-state index contributed by atoms with van der Waals surface area (Å²) in [6, 6.07) is 1.51. The standard InChI is InChI=1S/C12H20N2O2S2/c1-9-2-4-10(5-3-9)7-14-18(15,16)12-6-11(13)8-17-12/h6,8-10,14H,2-5,7,13H2,1H3. The third kappa shape index (κ3) is 3.46. The Morgan fingerprint density at radius 3 is 2.61 bits per heavy atom. The van der Waals surface area contributed by atoms with Gasteiger partial charge in [0, 0.05) is 17.6 Å². The van der Waals surface area contributed by atoms with Gasteiger partial charge in [-0.05, 0) is 30.7 Å². The lowest BCUT2D eigenvalue weighted by Gasteiger charge is -2.26. The molecule has 0 atom stereocenters. The van der Waals surface area contributed by atoms with E-state index in [0.29, 0.717) is 22.4 Å². The number of anilines is 1. The molecule has 1 aliphatic rings. The largest absolute Gasteiger partial charge is 0.398 e. The van der Waals surface area contributed by atoms with Crippen LogP contribution in [0.5, 0.6) is 0 Å². The van der Waals surface area contributed by atoms with Crippen molar-refractivity contribution in [1.82, 2.24) is 4.72 Å². The van der Waals surface area contributed by atoms with Crippen LogP contribution in [-0.2, 0) is 10.0 Å². The van der Waals surface area contributed by atoms with Gasteiger partial charge in [-0.2, -0.15) is 0 Å². The van der Waals surface area contributed by atoms with E-state index in [1.165, 1.54) is 30.2 Å². The molecule has 0 saturated heterocycles. The van der Waals surface area contributed by atoms with E-state index in [1.54, 1.807) is 5.38 Å². The molecule has 0 unspecified atom stereocenters. The van der Waals surface area contributed by atoms with Crippen molar-refractivity contribution in [2.75, 3.05) is 12.3 Å². The summed E-state index contributed by atoms with van der Waals surface area (Å²) < 4.78 is 27.0. The summed E-state index contributed by atoms with van der Waals surface area (Å²) in [7, 11) is -3.36. The molecule has 1 fully saturated rings. The maximum Gasteiger partial charge on any atom is 0.250 e. The summed E-state index contributed by atoms with van der Waals surface area (Å²) in [6.07, 6.45) is 4.66. The van der Waals surface area contributed by atoms with Crippen LogP contribution in [0.3, 0.4) is 0 Å². The van der Waals surface area contributed by atoms with Crippen LogP contribution in [-0.4, -0.2) is 15.0 Å². The van der Waals surface area contributed by atoms with Gasteiger partial charge in [0.25, 0.3) is 0 Å². The average Bonchev–Trinajstić information content (AvgIpc) is 2.76. The molecule has 0 amide bonds. The first-order chi connectivity index (χ1) is 8.47. The van der Waals surface area contributed by atoms with Crippen LogP contribution in [0.1, 0.15) is 32.6 Å². The molecule has 1 aromatic heterocycles. The van der Waals surface area contributed by atoms with Crippen molar-refractivity contribution in [3.8, 4) is 0 Å². The van der Waals surface area contributed by atoms with Gasteiger partial charge < -0.3 is 5.73 Å². The monoisotopic (exact) mass is 288 g/mol. The first kappa shape index (κ1) is 13.8. The number of nitrogen functional groups attached to an aromatic ring is 1. The summed E-state index contributed by atoms with van der Waals surface area (Å²) in [6.45, 7) is 2.81. The fourth-order valence-corrected chi connectivity index (χ4v) is 4.54. The van der Waals surface area contributed by atoms with Crippen LogP contribution in [0.25, 0.3) is 0 Å². The molecule has 1 heterocycles. The molecule has 0 bridgehead atoms.